The topological polar surface area (TPSA) is 65.6 Å². The molecule has 2 aromatic carbocycles. The highest BCUT2D eigenvalue weighted by molar-refractivity contribution is 6.02. The number of benzene rings is 2. The number of ether oxygens (including phenoxy) is 1. The first-order valence-electron chi connectivity index (χ1n) is 12.2. The van der Waals surface area contributed by atoms with E-state index in [0.717, 1.165) is 41.5 Å². The number of likely N-dealkylation sites (tertiary alicyclic amines) is 1. The van der Waals surface area contributed by atoms with E-state index in [1.807, 2.05) is 58.5 Å². The van der Waals surface area contributed by atoms with Crippen molar-refractivity contribution in [2.75, 3.05) is 33.4 Å². The summed E-state index contributed by atoms with van der Waals surface area (Å²) < 4.78 is 5.38. The second-order valence-electron chi connectivity index (χ2n) is 9.98. The number of H-pyrrole nitrogens is 1. The SMILES string of the molecule is COCCN1C(=O)c2ccccc2C(C(=O)N2CC(C)CC(C)C2)C1c1c[nH]c2ccccc12. The van der Waals surface area contributed by atoms with E-state index in [9.17, 15) is 9.59 Å². The third kappa shape index (κ3) is 3.90. The van der Waals surface area contributed by atoms with Gasteiger partial charge in [-0.15, -0.1) is 0 Å². The van der Waals surface area contributed by atoms with Crippen molar-refractivity contribution < 1.29 is 14.3 Å². The van der Waals surface area contributed by atoms with Crippen LogP contribution in [0.3, 0.4) is 0 Å². The maximum absolute atomic E-state index is 14.3. The molecule has 6 nitrogen and oxygen atoms in total. The molecule has 178 valence electrons. The number of para-hydroxylation sites is 1. The Bertz CT molecular complexity index is 1190. The summed E-state index contributed by atoms with van der Waals surface area (Å²) in [5, 5.41) is 1.04. The quantitative estimate of drug-likeness (QED) is 0.606. The van der Waals surface area contributed by atoms with Crippen LogP contribution < -0.4 is 0 Å². The molecule has 0 radical (unpaired) electrons. The summed E-state index contributed by atoms with van der Waals surface area (Å²) in [6.45, 7) is 6.78. The molecule has 1 fully saturated rings. The highest BCUT2D eigenvalue weighted by atomic mass is 16.5. The number of nitrogens with zero attached hydrogens (tertiary/aromatic N) is 2. The lowest BCUT2D eigenvalue weighted by Gasteiger charge is -2.44. The molecule has 4 atom stereocenters. The van der Waals surface area contributed by atoms with Crippen LogP contribution in [-0.4, -0.2) is 59.9 Å². The predicted molar refractivity (Wildman–Crippen MR) is 133 cm³/mol. The highest BCUT2D eigenvalue weighted by Crippen LogP contribution is 2.46. The molecule has 0 aliphatic carbocycles. The molecule has 1 N–H and O–H groups in total. The Morgan fingerprint density at radius 1 is 1.03 bits per heavy atom. The average molecular weight is 460 g/mol. The fourth-order valence-electron chi connectivity index (χ4n) is 6.02. The number of aromatic amines is 1. The number of carbonyl (C=O) groups excluding carboxylic acids is 2. The van der Waals surface area contributed by atoms with Gasteiger partial charge in [0.05, 0.1) is 18.6 Å². The smallest absolute Gasteiger partial charge is 0.254 e. The van der Waals surface area contributed by atoms with Gasteiger partial charge < -0.3 is 19.5 Å². The van der Waals surface area contributed by atoms with Crippen molar-refractivity contribution in [3.05, 3.63) is 71.4 Å². The molecule has 3 aromatic rings. The van der Waals surface area contributed by atoms with Crippen molar-refractivity contribution in [3.63, 3.8) is 0 Å². The second-order valence-corrected chi connectivity index (χ2v) is 9.98. The average Bonchev–Trinajstić information content (AvgIpc) is 3.26. The van der Waals surface area contributed by atoms with Crippen molar-refractivity contribution in [1.29, 1.82) is 0 Å². The van der Waals surface area contributed by atoms with E-state index < -0.39 is 12.0 Å². The van der Waals surface area contributed by atoms with Gasteiger partial charge >= 0.3 is 0 Å². The zero-order valence-corrected chi connectivity index (χ0v) is 20.2. The summed E-state index contributed by atoms with van der Waals surface area (Å²) in [5.74, 6) is 0.513. The van der Waals surface area contributed by atoms with Gasteiger partial charge in [0.1, 0.15) is 0 Å². The van der Waals surface area contributed by atoms with Crippen molar-refractivity contribution in [3.8, 4) is 0 Å². The Morgan fingerprint density at radius 3 is 2.50 bits per heavy atom. The number of hydrogen-bond acceptors (Lipinski definition) is 3. The number of methoxy groups -OCH3 is 1. The first-order chi connectivity index (χ1) is 16.5. The molecule has 0 spiro atoms. The second kappa shape index (κ2) is 9.26. The number of carbonyl (C=O) groups is 2. The van der Waals surface area contributed by atoms with Crippen molar-refractivity contribution in [2.45, 2.75) is 32.2 Å². The number of hydrogen-bond donors (Lipinski definition) is 1. The molecule has 1 saturated heterocycles. The molecule has 34 heavy (non-hydrogen) atoms. The van der Waals surface area contributed by atoms with Gasteiger partial charge in [-0.2, -0.15) is 0 Å². The van der Waals surface area contributed by atoms with Crippen LogP contribution in [0.1, 0.15) is 53.7 Å². The van der Waals surface area contributed by atoms with Crippen LogP contribution >= 0.6 is 0 Å². The Kier molecular flexibility index (Phi) is 6.17. The molecule has 1 aromatic heterocycles. The van der Waals surface area contributed by atoms with E-state index in [-0.39, 0.29) is 11.8 Å². The van der Waals surface area contributed by atoms with E-state index in [1.165, 1.54) is 0 Å². The molecule has 0 bridgehead atoms. The molecule has 2 aliphatic heterocycles. The van der Waals surface area contributed by atoms with E-state index in [4.69, 9.17) is 4.74 Å². The van der Waals surface area contributed by atoms with Gasteiger partial charge in [0.25, 0.3) is 5.91 Å². The fraction of sp³-hybridized carbons (Fsp3) is 0.429. The van der Waals surface area contributed by atoms with Crippen molar-refractivity contribution in [1.82, 2.24) is 14.8 Å². The standard InChI is InChI=1S/C28H33N3O3/c1-18-14-19(2)17-30(16-18)28(33)25-21-9-4-5-10-22(21)27(32)31(12-13-34-3)26(25)23-15-29-24-11-7-6-8-20(23)24/h4-11,15,18-19,25-26,29H,12-14,16-17H2,1-3H3. The number of amides is 2. The van der Waals surface area contributed by atoms with Crippen LogP contribution in [0.4, 0.5) is 0 Å². The predicted octanol–water partition coefficient (Wildman–Crippen LogP) is 4.60. The van der Waals surface area contributed by atoms with Crippen LogP contribution in [0.5, 0.6) is 0 Å². The monoisotopic (exact) mass is 459 g/mol. The molecular formula is C28H33N3O3. The fourth-order valence-corrected chi connectivity index (χ4v) is 6.02. The van der Waals surface area contributed by atoms with Gasteiger partial charge in [-0.1, -0.05) is 50.2 Å². The summed E-state index contributed by atoms with van der Waals surface area (Å²) in [7, 11) is 1.64. The molecule has 0 saturated carbocycles. The number of aromatic nitrogens is 1. The molecule has 6 heteroatoms. The van der Waals surface area contributed by atoms with Gasteiger partial charge in [-0.25, -0.2) is 0 Å². The Balaban J connectivity index is 1.68. The minimum atomic E-state index is -0.470. The third-order valence-corrected chi connectivity index (χ3v) is 7.36. The highest BCUT2D eigenvalue weighted by Gasteiger charge is 2.46. The maximum Gasteiger partial charge on any atom is 0.254 e. The van der Waals surface area contributed by atoms with Crippen LogP contribution in [0, 0.1) is 11.8 Å². The summed E-state index contributed by atoms with van der Waals surface area (Å²) >= 11 is 0. The zero-order chi connectivity index (χ0) is 23.8. The van der Waals surface area contributed by atoms with Crippen LogP contribution in [0.15, 0.2) is 54.7 Å². The maximum atomic E-state index is 14.3. The summed E-state index contributed by atoms with van der Waals surface area (Å²) in [4.78, 5) is 35.3. The Morgan fingerprint density at radius 2 is 1.74 bits per heavy atom. The number of fused-ring (bicyclic) bond motifs is 2. The van der Waals surface area contributed by atoms with E-state index in [2.05, 4.69) is 24.9 Å². The number of rotatable bonds is 5. The lowest BCUT2D eigenvalue weighted by Crippen LogP contribution is -2.51. The van der Waals surface area contributed by atoms with Crippen molar-refractivity contribution >= 4 is 22.7 Å². The van der Waals surface area contributed by atoms with E-state index in [1.54, 1.807) is 7.11 Å². The summed E-state index contributed by atoms with van der Waals surface area (Å²) in [6.07, 6.45) is 3.10. The Hall–Kier alpha value is -3.12. The van der Waals surface area contributed by atoms with Crippen LogP contribution in [-0.2, 0) is 9.53 Å². The van der Waals surface area contributed by atoms with Gasteiger partial charge in [-0.3, -0.25) is 9.59 Å². The lowest BCUT2D eigenvalue weighted by molar-refractivity contribution is -0.137. The first-order valence-corrected chi connectivity index (χ1v) is 12.2. The molecule has 2 amide bonds. The minimum Gasteiger partial charge on any atom is -0.383 e. The normalized spacial score (nSPS) is 25.0. The number of piperidine rings is 1. The minimum absolute atomic E-state index is 0.0487. The van der Waals surface area contributed by atoms with Crippen molar-refractivity contribution in [2.24, 2.45) is 11.8 Å². The molecule has 5 rings (SSSR count). The Labute approximate surface area is 200 Å². The largest absolute Gasteiger partial charge is 0.383 e. The molecule has 2 aliphatic rings. The van der Waals surface area contributed by atoms with Crippen LogP contribution in [0.25, 0.3) is 10.9 Å². The lowest BCUT2D eigenvalue weighted by atomic mass is 9.78. The van der Waals surface area contributed by atoms with Gasteiger partial charge in [0.15, 0.2) is 0 Å². The van der Waals surface area contributed by atoms with Gasteiger partial charge in [0, 0.05) is 55.0 Å². The summed E-state index contributed by atoms with van der Waals surface area (Å²) in [5.41, 5.74) is 3.42. The third-order valence-electron chi connectivity index (χ3n) is 7.36. The molecular weight excluding hydrogens is 426 g/mol. The van der Waals surface area contributed by atoms with Gasteiger partial charge in [0.2, 0.25) is 5.91 Å². The first kappa shape index (κ1) is 22.7. The van der Waals surface area contributed by atoms with Gasteiger partial charge in [-0.05, 0) is 36.0 Å². The van der Waals surface area contributed by atoms with Crippen LogP contribution in [0.2, 0.25) is 0 Å². The van der Waals surface area contributed by atoms with E-state index in [0.29, 0.717) is 30.6 Å². The summed E-state index contributed by atoms with van der Waals surface area (Å²) in [6, 6.07) is 15.3. The van der Waals surface area contributed by atoms with E-state index >= 15 is 0 Å². The molecule has 4 unspecified atom stereocenters. The molecule has 3 heterocycles. The zero-order valence-electron chi connectivity index (χ0n) is 20.2. The number of nitrogens with one attached hydrogen (secondary N) is 1.